The molecule has 0 aliphatic rings. The number of rotatable bonds is 3. The van der Waals surface area contributed by atoms with Gasteiger partial charge in [-0.05, 0) is 37.3 Å². The molecule has 1 aromatic heterocycles. The van der Waals surface area contributed by atoms with Crippen molar-refractivity contribution in [2.75, 3.05) is 6.61 Å². The maximum atomic E-state index is 12.7. The largest absolute Gasteiger partial charge is 0.462 e. The molecule has 0 amide bonds. The van der Waals surface area contributed by atoms with Crippen LogP contribution in [0.1, 0.15) is 17.3 Å². The maximum absolute atomic E-state index is 12.7. The lowest BCUT2D eigenvalue weighted by molar-refractivity contribution is 0.0528. The van der Waals surface area contributed by atoms with Crippen molar-refractivity contribution in [3.05, 3.63) is 75.7 Å². The number of pyridine rings is 1. The van der Waals surface area contributed by atoms with E-state index in [-0.39, 0.29) is 12.2 Å². The van der Waals surface area contributed by atoms with Crippen molar-refractivity contribution in [1.29, 1.82) is 0 Å². The number of hydrogen-bond donors (Lipinski definition) is 0. The van der Waals surface area contributed by atoms with Gasteiger partial charge < -0.3 is 4.74 Å². The highest BCUT2D eigenvalue weighted by atomic mass is 35.5. The van der Waals surface area contributed by atoms with E-state index in [1.54, 1.807) is 55.5 Å². The average Bonchev–Trinajstić information content (AvgIpc) is 2.57. The van der Waals surface area contributed by atoms with E-state index in [1.165, 1.54) is 10.8 Å². The van der Waals surface area contributed by atoms with Crippen molar-refractivity contribution in [3.63, 3.8) is 0 Å². The molecule has 0 unspecified atom stereocenters. The number of ether oxygens (including phenoxy) is 1. The predicted octanol–water partition coefficient (Wildman–Crippen LogP) is 3.82. The van der Waals surface area contributed by atoms with Crippen LogP contribution >= 0.6 is 11.6 Å². The number of benzene rings is 2. The normalized spacial score (nSPS) is 10.7. The van der Waals surface area contributed by atoms with Crippen molar-refractivity contribution in [2.45, 2.75) is 6.92 Å². The van der Waals surface area contributed by atoms with Gasteiger partial charge in [0.15, 0.2) is 0 Å². The molecule has 1 heterocycles. The third-order valence-corrected chi connectivity index (χ3v) is 3.78. The van der Waals surface area contributed by atoms with E-state index in [0.29, 0.717) is 27.0 Å². The smallest absolute Gasteiger partial charge is 0.340 e. The second-order valence-electron chi connectivity index (χ2n) is 4.96. The van der Waals surface area contributed by atoms with Crippen LogP contribution in [0.5, 0.6) is 0 Å². The second kappa shape index (κ2) is 6.26. The minimum atomic E-state index is -0.452. The zero-order valence-corrected chi connectivity index (χ0v) is 13.2. The zero-order valence-electron chi connectivity index (χ0n) is 12.5. The first kappa shape index (κ1) is 15.3. The van der Waals surface area contributed by atoms with Crippen LogP contribution in [0.25, 0.3) is 16.5 Å². The molecule has 0 fully saturated rings. The lowest BCUT2D eigenvalue weighted by atomic mass is 10.1. The van der Waals surface area contributed by atoms with E-state index in [0.717, 1.165) is 0 Å². The summed E-state index contributed by atoms with van der Waals surface area (Å²) in [6.45, 7) is 2.02. The molecule has 2 aromatic carbocycles. The third kappa shape index (κ3) is 2.85. The Bertz CT molecular complexity index is 929. The first-order valence-electron chi connectivity index (χ1n) is 7.19. The third-order valence-electron chi connectivity index (χ3n) is 3.52. The highest BCUT2D eigenvalue weighted by Gasteiger charge is 2.16. The molecule has 0 N–H and O–H groups in total. The maximum Gasteiger partial charge on any atom is 0.340 e. The van der Waals surface area contributed by atoms with Crippen LogP contribution in [0.15, 0.2) is 59.5 Å². The molecule has 0 saturated heterocycles. The minimum absolute atomic E-state index is 0.198. The Labute approximate surface area is 137 Å². The summed E-state index contributed by atoms with van der Waals surface area (Å²) in [5.74, 6) is -0.452. The molecule has 0 saturated carbocycles. The fourth-order valence-corrected chi connectivity index (χ4v) is 2.58. The molecular weight excluding hydrogens is 314 g/mol. The van der Waals surface area contributed by atoms with Crippen molar-refractivity contribution in [1.82, 2.24) is 4.57 Å². The lowest BCUT2D eigenvalue weighted by Gasteiger charge is -2.12. The number of aromatic nitrogens is 1. The molecule has 0 aliphatic heterocycles. The quantitative estimate of drug-likeness (QED) is 0.687. The summed E-state index contributed by atoms with van der Waals surface area (Å²) in [6, 6.07) is 13.9. The number of halogens is 1. The van der Waals surface area contributed by atoms with Gasteiger partial charge in [-0.1, -0.05) is 29.8 Å². The minimum Gasteiger partial charge on any atom is -0.462 e. The molecule has 116 valence electrons. The van der Waals surface area contributed by atoms with Crippen molar-refractivity contribution in [2.24, 2.45) is 0 Å². The zero-order chi connectivity index (χ0) is 16.4. The van der Waals surface area contributed by atoms with Gasteiger partial charge in [-0.2, -0.15) is 0 Å². The monoisotopic (exact) mass is 327 g/mol. The van der Waals surface area contributed by atoms with E-state index < -0.39 is 5.97 Å². The van der Waals surface area contributed by atoms with Gasteiger partial charge in [0.25, 0.3) is 5.56 Å². The van der Waals surface area contributed by atoms with E-state index in [4.69, 9.17) is 16.3 Å². The van der Waals surface area contributed by atoms with Crippen molar-refractivity contribution >= 4 is 28.3 Å². The van der Waals surface area contributed by atoms with Gasteiger partial charge in [0.1, 0.15) is 0 Å². The van der Waals surface area contributed by atoms with E-state index in [9.17, 15) is 9.59 Å². The standard InChI is InChI=1S/C18H14ClNO3/c1-2-23-18(22)16-11-20(13-9-7-12(19)8-10-13)17(21)15-6-4-3-5-14(15)16/h3-11H,2H2,1H3. The van der Waals surface area contributed by atoms with Crippen LogP contribution in [0.4, 0.5) is 0 Å². The van der Waals surface area contributed by atoms with Gasteiger partial charge in [0.05, 0.1) is 12.2 Å². The van der Waals surface area contributed by atoms with Crippen LogP contribution < -0.4 is 5.56 Å². The van der Waals surface area contributed by atoms with E-state index in [2.05, 4.69) is 0 Å². The van der Waals surface area contributed by atoms with Gasteiger partial charge >= 0.3 is 5.97 Å². The first-order chi connectivity index (χ1) is 11.1. The summed E-state index contributed by atoms with van der Waals surface area (Å²) in [4.78, 5) is 25.0. The predicted molar refractivity (Wildman–Crippen MR) is 90.5 cm³/mol. The topological polar surface area (TPSA) is 48.3 Å². The molecule has 0 spiro atoms. The summed E-state index contributed by atoms with van der Waals surface area (Å²) < 4.78 is 6.55. The van der Waals surface area contributed by atoms with Crippen LogP contribution in [0.2, 0.25) is 5.02 Å². The van der Waals surface area contributed by atoms with Crippen LogP contribution in [0.3, 0.4) is 0 Å². The summed E-state index contributed by atoms with van der Waals surface area (Å²) in [5.41, 5.74) is 0.795. The fourth-order valence-electron chi connectivity index (χ4n) is 2.46. The van der Waals surface area contributed by atoms with Gasteiger partial charge in [-0.3, -0.25) is 9.36 Å². The SMILES string of the molecule is CCOC(=O)c1cn(-c2ccc(Cl)cc2)c(=O)c2ccccc12. The molecule has 5 heteroatoms. The van der Waals surface area contributed by atoms with Gasteiger partial charge in [-0.25, -0.2) is 4.79 Å². The molecular formula is C18H14ClNO3. The highest BCUT2D eigenvalue weighted by Crippen LogP contribution is 2.19. The Balaban J connectivity index is 2.31. The molecule has 0 atom stereocenters. The first-order valence-corrected chi connectivity index (χ1v) is 7.57. The molecule has 0 bridgehead atoms. The Morgan fingerprint density at radius 1 is 1.09 bits per heavy atom. The van der Waals surface area contributed by atoms with Crippen LogP contribution in [-0.4, -0.2) is 17.1 Å². The van der Waals surface area contributed by atoms with Gasteiger partial charge in [0.2, 0.25) is 0 Å². The Morgan fingerprint density at radius 2 is 1.74 bits per heavy atom. The lowest BCUT2D eigenvalue weighted by Crippen LogP contribution is -2.21. The number of carbonyl (C=O) groups excluding carboxylic acids is 1. The molecule has 0 aliphatic carbocycles. The Hall–Kier alpha value is -2.59. The number of esters is 1. The van der Waals surface area contributed by atoms with Gasteiger partial charge in [-0.15, -0.1) is 0 Å². The van der Waals surface area contributed by atoms with Crippen molar-refractivity contribution < 1.29 is 9.53 Å². The summed E-state index contributed by atoms with van der Waals surface area (Å²) in [7, 11) is 0. The summed E-state index contributed by atoms with van der Waals surface area (Å²) >= 11 is 5.90. The fraction of sp³-hybridized carbons (Fsp3) is 0.111. The number of hydrogen-bond acceptors (Lipinski definition) is 3. The van der Waals surface area contributed by atoms with Crippen LogP contribution in [-0.2, 0) is 4.74 Å². The second-order valence-corrected chi connectivity index (χ2v) is 5.40. The Morgan fingerprint density at radius 3 is 2.39 bits per heavy atom. The van der Waals surface area contributed by atoms with Gasteiger partial charge in [0, 0.05) is 27.7 Å². The van der Waals surface area contributed by atoms with E-state index in [1.807, 2.05) is 0 Å². The number of fused-ring (bicyclic) bond motifs is 1. The van der Waals surface area contributed by atoms with Crippen LogP contribution in [0, 0.1) is 0 Å². The Kier molecular flexibility index (Phi) is 4.17. The molecule has 23 heavy (non-hydrogen) atoms. The molecule has 0 radical (unpaired) electrons. The molecule has 3 rings (SSSR count). The summed E-state index contributed by atoms with van der Waals surface area (Å²) in [6.07, 6.45) is 1.52. The van der Waals surface area contributed by atoms with Crippen molar-refractivity contribution in [3.8, 4) is 5.69 Å². The highest BCUT2D eigenvalue weighted by molar-refractivity contribution is 6.30. The number of carbonyl (C=O) groups is 1. The molecule has 3 aromatic rings. The van der Waals surface area contributed by atoms with E-state index >= 15 is 0 Å². The molecule has 4 nitrogen and oxygen atoms in total. The number of nitrogens with zero attached hydrogens (tertiary/aromatic N) is 1. The average molecular weight is 328 g/mol. The summed E-state index contributed by atoms with van der Waals surface area (Å²) in [5, 5.41) is 1.63.